The summed E-state index contributed by atoms with van der Waals surface area (Å²) in [6, 6.07) is 1.30. The van der Waals surface area contributed by atoms with Crippen LogP contribution in [-0.2, 0) is 4.74 Å². The summed E-state index contributed by atoms with van der Waals surface area (Å²) in [5.74, 6) is -0.456. The molecule has 0 aliphatic rings. The lowest BCUT2D eigenvalue weighted by molar-refractivity contribution is 0.0170. The summed E-state index contributed by atoms with van der Waals surface area (Å²) in [4.78, 5) is 11.9. The van der Waals surface area contributed by atoms with E-state index in [0.29, 0.717) is 0 Å². The molecule has 0 radical (unpaired) electrons. The second kappa shape index (κ2) is 7.60. The Morgan fingerprint density at radius 2 is 1.79 bits per heavy atom. The number of hydrogen-bond donors (Lipinski definition) is 0. The first-order chi connectivity index (χ1) is 8.84. The largest absolute Gasteiger partial charge is 0.375 e. The highest BCUT2D eigenvalue weighted by Gasteiger charge is 2.19. The van der Waals surface area contributed by atoms with Crippen molar-refractivity contribution in [1.82, 2.24) is 0 Å². The Morgan fingerprint density at radius 3 is 2.37 bits per heavy atom. The van der Waals surface area contributed by atoms with Crippen molar-refractivity contribution in [3.8, 4) is 0 Å². The van der Waals surface area contributed by atoms with E-state index in [1.807, 2.05) is 0 Å². The van der Waals surface area contributed by atoms with Gasteiger partial charge in [0, 0.05) is 6.42 Å². The van der Waals surface area contributed by atoms with Crippen molar-refractivity contribution in [2.24, 2.45) is 0 Å². The van der Waals surface area contributed by atoms with Gasteiger partial charge >= 0.3 is 0 Å². The van der Waals surface area contributed by atoms with Crippen LogP contribution in [0.4, 0.5) is 8.78 Å². The molecule has 0 aliphatic carbocycles. The van der Waals surface area contributed by atoms with E-state index in [1.165, 1.54) is 6.07 Å². The molecule has 1 aromatic carbocycles. The van der Waals surface area contributed by atoms with E-state index in [0.717, 1.165) is 0 Å². The Hall–Kier alpha value is -0.130. The van der Waals surface area contributed by atoms with E-state index in [-0.39, 0.29) is 38.7 Å². The van der Waals surface area contributed by atoms with Crippen molar-refractivity contribution in [2.75, 3.05) is 13.2 Å². The van der Waals surface area contributed by atoms with Crippen LogP contribution < -0.4 is 0 Å². The lowest BCUT2D eigenvalue weighted by Gasteiger charge is -2.09. The molecular formula is C11H8Cl4F2O2. The summed E-state index contributed by atoms with van der Waals surface area (Å²) in [7, 11) is 0. The van der Waals surface area contributed by atoms with Crippen molar-refractivity contribution in [1.29, 1.82) is 0 Å². The summed E-state index contributed by atoms with van der Waals surface area (Å²) >= 11 is 23.3. The molecule has 0 atom stereocenters. The topological polar surface area (TPSA) is 26.3 Å². The van der Waals surface area contributed by atoms with Gasteiger partial charge in [-0.15, -0.1) is 0 Å². The first-order valence-electron chi connectivity index (χ1n) is 5.06. The zero-order valence-electron chi connectivity index (χ0n) is 9.36. The van der Waals surface area contributed by atoms with Gasteiger partial charge in [-0.2, -0.15) is 0 Å². The number of carbonyl (C=O) groups is 1. The van der Waals surface area contributed by atoms with Gasteiger partial charge in [0.1, 0.15) is 6.61 Å². The highest BCUT2D eigenvalue weighted by atomic mass is 35.5. The molecule has 19 heavy (non-hydrogen) atoms. The lowest BCUT2D eigenvalue weighted by Crippen LogP contribution is -2.10. The molecule has 0 N–H and O–H groups in total. The number of hydrogen-bond acceptors (Lipinski definition) is 2. The van der Waals surface area contributed by atoms with Crippen molar-refractivity contribution in [3.05, 3.63) is 31.7 Å². The molecule has 8 heteroatoms. The van der Waals surface area contributed by atoms with Crippen LogP contribution in [-0.4, -0.2) is 25.4 Å². The summed E-state index contributed by atoms with van der Waals surface area (Å²) in [5.41, 5.74) is 0.0124. The molecule has 2 nitrogen and oxygen atoms in total. The van der Waals surface area contributed by atoms with E-state index in [1.54, 1.807) is 0 Å². The molecule has 1 aromatic rings. The van der Waals surface area contributed by atoms with Crippen molar-refractivity contribution < 1.29 is 18.3 Å². The van der Waals surface area contributed by atoms with Crippen molar-refractivity contribution >= 4 is 52.2 Å². The van der Waals surface area contributed by atoms with Gasteiger partial charge in [-0.25, -0.2) is 8.78 Å². The number of alkyl halides is 2. The van der Waals surface area contributed by atoms with Crippen molar-refractivity contribution in [3.63, 3.8) is 0 Å². The van der Waals surface area contributed by atoms with Gasteiger partial charge in [-0.3, -0.25) is 4.79 Å². The predicted octanol–water partition coefficient (Wildman–Crippen LogP) is 5.15. The maximum Gasteiger partial charge on any atom is 0.261 e. The monoisotopic (exact) mass is 350 g/mol. The van der Waals surface area contributed by atoms with Crippen LogP contribution in [0.15, 0.2) is 6.07 Å². The summed E-state index contributed by atoms with van der Waals surface area (Å²) in [5, 5.41) is 0.142. The minimum atomic E-state index is -2.58. The van der Waals surface area contributed by atoms with Crippen LogP contribution in [0.2, 0.25) is 20.1 Å². The van der Waals surface area contributed by atoms with Crippen LogP contribution in [0.25, 0.3) is 0 Å². The normalized spacial score (nSPS) is 11.1. The minimum absolute atomic E-state index is 0.0124. The number of carbonyl (C=O) groups excluding carboxylic acids is 1. The third kappa shape index (κ3) is 4.72. The first kappa shape index (κ1) is 16.9. The van der Waals surface area contributed by atoms with E-state index >= 15 is 0 Å². The molecular weight excluding hydrogens is 344 g/mol. The highest BCUT2D eigenvalue weighted by Crippen LogP contribution is 2.37. The number of halogens is 6. The second-order valence-electron chi connectivity index (χ2n) is 3.48. The quantitative estimate of drug-likeness (QED) is 0.306. The van der Waals surface area contributed by atoms with Gasteiger partial charge in [0.2, 0.25) is 0 Å². The second-order valence-corrected chi connectivity index (χ2v) is 5.05. The molecule has 0 fully saturated rings. The molecule has 0 heterocycles. The summed E-state index contributed by atoms with van der Waals surface area (Å²) in [6.07, 6.45) is -2.71. The predicted molar refractivity (Wildman–Crippen MR) is 72.3 cm³/mol. The van der Waals surface area contributed by atoms with Gasteiger partial charge in [-0.1, -0.05) is 46.4 Å². The maximum atomic E-state index is 11.9. The standard InChI is InChI=1S/C11H8Cl4F2O2/c12-5-3-6(13)10(14)11(15)9(5)7(18)1-2-19-4-8(16)17/h3,8H,1-2,4H2. The number of ether oxygens (including phenoxy) is 1. The van der Waals surface area contributed by atoms with Crippen LogP contribution >= 0.6 is 46.4 Å². The molecule has 0 saturated carbocycles. The summed E-state index contributed by atoms with van der Waals surface area (Å²) in [6.45, 7) is -0.883. The molecule has 0 unspecified atom stereocenters. The molecule has 106 valence electrons. The number of Topliss-reactive ketones (excluding diaryl/α,β-unsaturated/α-hetero) is 1. The number of benzene rings is 1. The Bertz CT molecular complexity index is 480. The van der Waals surface area contributed by atoms with Gasteiger partial charge in [0.15, 0.2) is 5.78 Å². The highest BCUT2D eigenvalue weighted by molar-refractivity contribution is 6.51. The van der Waals surface area contributed by atoms with Crippen LogP contribution in [0, 0.1) is 0 Å². The molecule has 0 bridgehead atoms. The van der Waals surface area contributed by atoms with Crippen LogP contribution in [0.1, 0.15) is 16.8 Å². The maximum absolute atomic E-state index is 11.9. The van der Waals surface area contributed by atoms with E-state index in [2.05, 4.69) is 4.74 Å². The molecule has 1 rings (SSSR count). The van der Waals surface area contributed by atoms with Crippen LogP contribution in [0.5, 0.6) is 0 Å². The van der Waals surface area contributed by atoms with Crippen LogP contribution in [0.3, 0.4) is 0 Å². The van der Waals surface area contributed by atoms with Gasteiger partial charge in [0.05, 0.1) is 32.3 Å². The average molecular weight is 352 g/mol. The number of rotatable bonds is 6. The molecule has 0 spiro atoms. The fourth-order valence-electron chi connectivity index (χ4n) is 1.28. The zero-order chi connectivity index (χ0) is 14.6. The van der Waals surface area contributed by atoms with Gasteiger partial charge < -0.3 is 4.74 Å². The van der Waals surface area contributed by atoms with E-state index < -0.39 is 18.8 Å². The molecule has 0 aliphatic heterocycles. The van der Waals surface area contributed by atoms with E-state index in [4.69, 9.17) is 46.4 Å². The smallest absolute Gasteiger partial charge is 0.261 e. The fraction of sp³-hybridized carbons (Fsp3) is 0.364. The average Bonchev–Trinajstić information content (AvgIpc) is 2.31. The van der Waals surface area contributed by atoms with Crippen molar-refractivity contribution in [2.45, 2.75) is 12.8 Å². The SMILES string of the molecule is O=C(CCOCC(F)F)c1c(Cl)cc(Cl)c(Cl)c1Cl. The number of ketones is 1. The lowest BCUT2D eigenvalue weighted by atomic mass is 10.1. The van der Waals surface area contributed by atoms with E-state index in [9.17, 15) is 13.6 Å². The van der Waals surface area contributed by atoms with Gasteiger partial charge in [0.25, 0.3) is 6.43 Å². The Labute approximate surface area is 128 Å². The zero-order valence-corrected chi connectivity index (χ0v) is 12.4. The Kier molecular flexibility index (Phi) is 6.77. The molecule has 0 aromatic heterocycles. The molecule has 0 amide bonds. The third-order valence-electron chi connectivity index (χ3n) is 2.11. The Morgan fingerprint density at radius 1 is 1.16 bits per heavy atom. The summed E-state index contributed by atoms with van der Waals surface area (Å²) < 4.78 is 28.3. The first-order valence-corrected chi connectivity index (χ1v) is 6.57. The fourth-order valence-corrected chi connectivity index (χ4v) is 2.41. The Balaban J connectivity index is 2.75. The minimum Gasteiger partial charge on any atom is -0.375 e. The third-order valence-corrected chi connectivity index (χ3v) is 3.67. The van der Waals surface area contributed by atoms with Gasteiger partial charge in [-0.05, 0) is 6.07 Å². The molecule has 0 saturated heterocycles.